The Morgan fingerprint density at radius 3 is 2.86 bits per heavy atom. The Morgan fingerprint density at radius 2 is 2.14 bits per heavy atom. The molecule has 0 radical (unpaired) electrons. The molecule has 1 aliphatic heterocycles. The molecule has 2 aliphatic rings. The first kappa shape index (κ1) is 15.1. The maximum Gasteiger partial charge on any atom is 0.0463 e. The average Bonchev–Trinajstić information content (AvgIpc) is 2.74. The topological polar surface area (TPSA) is 34.2 Å². The van der Waals surface area contributed by atoms with Gasteiger partial charge in [0.15, 0.2) is 0 Å². The van der Waals surface area contributed by atoms with Gasteiger partial charge in [0, 0.05) is 30.0 Å². The molecule has 2 heterocycles. The molecule has 1 saturated heterocycles. The Hall–Kier alpha value is -0.800. The highest BCUT2D eigenvalue weighted by Gasteiger charge is 2.35. The van der Waals surface area contributed by atoms with E-state index in [-0.39, 0.29) is 6.04 Å². The summed E-state index contributed by atoms with van der Waals surface area (Å²) in [4.78, 5) is 2.59. The Balaban J connectivity index is 1.96. The quantitative estimate of drug-likeness (QED) is 0.905. The lowest BCUT2D eigenvalue weighted by Gasteiger charge is -2.38. The molecule has 2 atom stereocenters. The summed E-state index contributed by atoms with van der Waals surface area (Å²) >= 11 is 0. The molecule has 0 bridgehead atoms. The molecule has 1 fully saturated rings. The molecular formula is C18H31N3. The number of likely N-dealkylation sites (N-methyl/N-ethyl adjacent to an activating group) is 1. The van der Waals surface area contributed by atoms with Gasteiger partial charge in [0.1, 0.15) is 0 Å². The number of aryl methyl sites for hydroxylation is 1. The van der Waals surface area contributed by atoms with E-state index in [2.05, 4.69) is 43.2 Å². The fourth-order valence-electron chi connectivity index (χ4n) is 4.51. The van der Waals surface area contributed by atoms with E-state index in [9.17, 15) is 0 Å². The molecule has 21 heavy (non-hydrogen) atoms. The minimum absolute atomic E-state index is 0.217. The predicted octanol–water partition coefficient (Wildman–Crippen LogP) is 3.43. The number of piperidine rings is 1. The summed E-state index contributed by atoms with van der Waals surface area (Å²) in [7, 11) is 0. The summed E-state index contributed by atoms with van der Waals surface area (Å²) in [5.74, 6) is 0. The zero-order valence-corrected chi connectivity index (χ0v) is 14.2. The lowest BCUT2D eigenvalue weighted by molar-refractivity contribution is 0.178. The summed E-state index contributed by atoms with van der Waals surface area (Å²) in [6.07, 6.45) is 4.91. The van der Waals surface area contributed by atoms with Gasteiger partial charge in [-0.3, -0.25) is 0 Å². The standard InChI is InChI=1S/C18H31N3/c1-5-20-8-6-7-14(12-20)21-13(2)9-15-16(19)10-18(3,4)11-17(15)21/h9,14,16H,5-8,10-12,19H2,1-4H3. The monoisotopic (exact) mass is 289 g/mol. The van der Waals surface area contributed by atoms with Crippen molar-refractivity contribution in [3.05, 3.63) is 23.0 Å². The van der Waals surface area contributed by atoms with E-state index in [1.807, 2.05) is 0 Å². The molecule has 118 valence electrons. The number of aromatic nitrogens is 1. The molecule has 3 nitrogen and oxygen atoms in total. The molecule has 0 amide bonds. The third-order valence-electron chi connectivity index (χ3n) is 5.48. The van der Waals surface area contributed by atoms with Gasteiger partial charge in [-0.2, -0.15) is 0 Å². The molecule has 1 aliphatic carbocycles. The molecule has 1 aromatic rings. The largest absolute Gasteiger partial charge is 0.344 e. The van der Waals surface area contributed by atoms with Crippen molar-refractivity contribution in [1.29, 1.82) is 0 Å². The fourth-order valence-corrected chi connectivity index (χ4v) is 4.51. The Labute approximate surface area is 129 Å². The number of hydrogen-bond acceptors (Lipinski definition) is 2. The Kier molecular flexibility index (Phi) is 3.91. The van der Waals surface area contributed by atoms with Crippen molar-refractivity contribution < 1.29 is 0 Å². The van der Waals surface area contributed by atoms with Gasteiger partial charge >= 0.3 is 0 Å². The van der Waals surface area contributed by atoms with Crippen LogP contribution in [0.2, 0.25) is 0 Å². The van der Waals surface area contributed by atoms with Crippen molar-refractivity contribution in [3.8, 4) is 0 Å². The van der Waals surface area contributed by atoms with Crippen molar-refractivity contribution in [2.45, 2.75) is 65.5 Å². The second-order valence-electron chi connectivity index (χ2n) is 7.90. The number of nitrogens with two attached hydrogens (primary N) is 1. The van der Waals surface area contributed by atoms with Crippen molar-refractivity contribution in [3.63, 3.8) is 0 Å². The minimum Gasteiger partial charge on any atom is -0.344 e. The van der Waals surface area contributed by atoms with Gasteiger partial charge in [0.05, 0.1) is 0 Å². The van der Waals surface area contributed by atoms with Gasteiger partial charge in [-0.1, -0.05) is 20.8 Å². The predicted molar refractivity (Wildman–Crippen MR) is 88.6 cm³/mol. The molecule has 3 rings (SSSR count). The number of hydrogen-bond donors (Lipinski definition) is 1. The SMILES string of the molecule is CCN1CCCC(n2c(C)cc3c2CC(C)(C)CC3N)C1. The first-order chi connectivity index (χ1) is 9.91. The van der Waals surface area contributed by atoms with Crippen molar-refractivity contribution >= 4 is 0 Å². The summed E-state index contributed by atoms with van der Waals surface area (Å²) < 4.78 is 2.64. The van der Waals surface area contributed by atoms with Gasteiger partial charge in [0.25, 0.3) is 0 Å². The van der Waals surface area contributed by atoms with E-state index < -0.39 is 0 Å². The fraction of sp³-hybridized carbons (Fsp3) is 0.778. The van der Waals surface area contributed by atoms with Crippen molar-refractivity contribution in [2.24, 2.45) is 11.1 Å². The summed E-state index contributed by atoms with van der Waals surface area (Å²) in [5.41, 5.74) is 11.1. The highest BCUT2D eigenvalue weighted by Crippen LogP contribution is 2.42. The third kappa shape index (κ3) is 2.78. The molecule has 0 aromatic carbocycles. The van der Waals surface area contributed by atoms with E-state index in [1.165, 1.54) is 55.8 Å². The van der Waals surface area contributed by atoms with E-state index in [4.69, 9.17) is 5.73 Å². The number of nitrogens with zero attached hydrogens (tertiary/aromatic N) is 2. The van der Waals surface area contributed by atoms with Gasteiger partial charge in [-0.05, 0) is 62.7 Å². The van der Waals surface area contributed by atoms with Crippen molar-refractivity contribution in [2.75, 3.05) is 19.6 Å². The van der Waals surface area contributed by atoms with Crippen LogP contribution in [0.1, 0.15) is 69.1 Å². The van der Waals surface area contributed by atoms with Gasteiger partial charge in [-0.25, -0.2) is 0 Å². The number of rotatable bonds is 2. The summed E-state index contributed by atoms with van der Waals surface area (Å²) in [6, 6.07) is 3.22. The highest BCUT2D eigenvalue weighted by atomic mass is 15.2. The molecule has 0 saturated carbocycles. The molecule has 1 aromatic heterocycles. The first-order valence-corrected chi connectivity index (χ1v) is 8.60. The zero-order valence-electron chi connectivity index (χ0n) is 14.2. The summed E-state index contributed by atoms with van der Waals surface area (Å²) in [5, 5.41) is 0. The van der Waals surface area contributed by atoms with E-state index in [0.717, 1.165) is 6.42 Å². The maximum atomic E-state index is 6.46. The summed E-state index contributed by atoms with van der Waals surface area (Å²) in [6.45, 7) is 12.9. The van der Waals surface area contributed by atoms with E-state index >= 15 is 0 Å². The molecular weight excluding hydrogens is 258 g/mol. The Bertz CT molecular complexity index is 515. The van der Waals surface area contributed by atoms with Crippen LogP contribution >= 0.6 is 0 Å². The number of fused-ring (bicyclic) bond motifs is 1. The molecule has 3 heteroatoms. The lowest BCUT2D eigenvalue weighted by Crippen LogP contribution is -2.38. The van der Waals surface area contributed by atoms with Crippen LogP contribution in [0.25, 0.3) is 0 Å². The van der Waals surface area contributed by atoms with E-state index in [0.29, 0.717) is 11.5 Å². The average molecular weight is 289 g/mol. The van der Waals surface area contributed by atoms with Crippen LogP contribution in [0.5, 0.6) is 0 Å². The third-order valence-corrected chi connectivity index (χ3v) is 5.48. The molecule has 2 unspecified atom stereocenters. The lowest BCUT2D eigenvalue weighted by atomic mass is 9.74. The number of likely N-dealkylation sites (tertiary alicyclic amines) is 1. The highest BCUT2D eigenvalue weighted by molar-refractivity contribution is 5.34. The smallest absolute Gasteiger partial charge is 0.0463 e. The second kappa shape index (κ2) is 5.44. The van der Waals surface area contributed by atoms with Crippen LogP contribution in [-0.4, -0.2) is 29.1 Å². The van der Waals surface area contributed by atoms with Crippen LogP contribution in [0, 0.1) is 12.3 Å². The molecule has 0 spiro atoms. The van der Waals surface area contributed by atoms with Gasteiger partial charge in [-0.15, -0.1) is 0 Å². The van der Waals surface area contributed by atoms with Crippen LogP contribution in [-0.2, 0) is 6.42 Å². The Morgan fingerprint density at radius 1 is 1.38 bits per heavy atom. The second-order valence-corrected chi connectivity index (χ2v) is 7.90. The van der Waals surface area contributed by atoms with Crippen LogP contribution < -0.4 is 5.73 Å². The van der Waals surface area contributed by atoms with Crippen LogP contribution in [0.4, 0.5) is 0 Å². The zero-order chi connectivity index (χ0) is 15.2. The van der Waals surface area contributed by atoms with Gasteiger partial charge in [0.2, 0.25) is 0 Å². The first-order valence-electron chi connectivity index (χ1n) is 8.60. The van der Waals surface area contributed by atoms with Gasteiger partial charge < -0.3 is 15.2 Å². The van der Waals surface area contributed by atoms with Crippen LogP contribution in [0.3, 0.4) is 0 Å². The van der Waals surface area contributed by atoms with Crippen molar-refractivity contribution in [1.82, 2.24) is 9.47 Å². The minimum atomic E-state index is 0.217. The normalized spacial score (nSPS) is 29.4. The molecule has 2 N–H and O–H groups in total. The maximum absolute atomic E-state index is 6.46. The van der Waals surface area contributed by atoms with Crippen LogP contribution in [0.15, 0.2) is 6.07 Å². The van der Waals surface area contributed by atoms with E-state index in [1.54, 1.807) is 0 Å².